The minimum atomic E-state index is -3.09. The fraction of sp³-hybridized carbons (Fsp3) is 0.500. The van der Waals surface area contributed by atoms with Gasteiger partial charge in [0.15, 0.2) is 9.84 Å². The van der Waals surface area contributed by atoms with Crippen molar-refractivity contribution in [2.75, 3.05) is 17.6 Å². The lowest BCUT2D eigenvalue weighted by molar-refractivity contribution is 0.582. The van der Waals surface area contributed by atoms with E-state index in [4.69, 9.17) is 0 Å². The molecule has 0 bridgehead atoms. The van der Waals surface area contributed by atoms with Crippen LogP contribution in [0.15, 0.2) is 23.1 Å². The lowest BCUT2D eigenvalue weighted by Crippen LogP contribution is -2.26. The van der Waals surface area contributed by atoms with Crippen LogP contribution in [0.3, 0.4) is 0 Å². The summed E-state index contributed by atoms with van der Waals surface area (Å²) in [5, 5.41) is 3.21. The first kappa shape index (κ1) is 11.5. The molecule has 4 heteroatoms. The number of benzene rings is 1. The van der Waals surface area contributed by atoms with E-state index in [9.17, 15) is 8.42 Å². The van der Waals surface area contributed by atoms with Crippen LogP contribution in [0.1, 0.15) is 26.3 Å². The Balaban J connectivity index is 2.70. The van der Waals surface area contributed by atoms with Crippen molar-refractivity contribution < 1.29 is 8.42 Å². The van der Waals surface area contributed by atoms with Crippen LogP contribution in [0.5, 0.6) is 0 Å². The maximum Gasteiger partial charge on any atom is 0.182 e. The van der Waals surface area contributed by atoms with Gasteiger partial charge in [0.2, 0.25) is 0 Å². The maximum atomic E-state index is 11.9. The molecule has 0 radical (unpaired) electrons. The highest BCUT2D eigenvalue weighted by Gasteiger charge is 2.28. The second kappa shape index (κ2) is 3.48. The summed E-state index contributed by atoms with van der Waals surface area (Å²) >= 11 is 0. The zero-order valence-corrected chi connectivity index (χ0v) is 10.7. The summed E-state index contributed by atoms with van der Waals surface area (Å²) in [6.07, 6.45) is 0. The van der Waals surface area contributed by atoms with Crippen LogP contribution in [0.25, 0.3) is 0 Å². The van der Waals surface area contributed by atoms with Gasteiger partial charge in [-0.05, 0) is 17.0 Å². The van der Waals surface area contributed by atoms with Crippen molar-refractivity contribution in [3.63, 3.8) is 0 Å². The van der Waals surface area contributed by atoms with E-state index in [-0.39, 0.29) is 11.2 Å². The fourth-order valence-corrected chi connectivity index (χ4v) is 3.39. The summed E-state index contributed by atoms with van der Waals surface area (Å²) in [5.41, 5.74) is 1.81. The van der Waals surface area contributed by atoms with E-state index in [1.807, 2.05) is 12.1 Å². The Morgan fingerprint density at radius 1 is 1.25 bits per heavy atom. The zero-order valence-electron chi connectivity index (χ0n) is 9.87. The number of para-hydroxylation sites is 1. The normalized spacial score (nSPS) is 18.7. The lowest BCUT2D eigenvalue weighted by atomic mass is 9.86. The number of hydrogen-bond acceptors (Lipinski definition) is 3. The summed E-state index contributed by atoms with van der Waals surface area (Å²) in [6, 6.07) is 5.50. The van der Waals surface area contributed by atoms with Crippen LogP contribution in [0.2, 0.25) is 0 Å². The first-order chi connectivity index (χ1) is 7.32. The van der Waals surface area contributed by atoms with Crippen molar-refractivity contribution in [3.8, 4) is 0 Å². The van der Waals surface area contributed by atoms with Gasteiger partial charge in [0, 0.05) is 6.54 Å². The molecule has 1 aromatic carbocycles. The summed E-state index contributed by atoms with van der Waals surface area (Å²) in [4.78, 5) is 0.450. The van der Waals surface area contributed by atoms with Gasteiger partial charge in [0.1, 0.15) is 0 Å². The molecule has 1 aliphatic rings. The van der Waals surface area contributed by atoms with Crippen LogP contribution in [0.4, 0.5) is 5.69 Å². The maximum absolute atomic E-state index is 11.9. The number of sulfone groups is 1. The fourth-order valence-electron chi connectivity index (χ4n) is 2.02. The average molecular weight is 239 g/mol. The molecule has 1 aliphatic heterocycles. The molecule has 0 aromatic heterocycles. The molecule has 0 unspecified atom stereocenters. The van der Waals surface area contributed by atoms with Crippen molar-refractivity contribution in [2.45, 2.75) is 31.1 Å². The van der Waals surface area contributed by atoms with Gasteiger partial charge < -0.3 is 5.32 Å². The van der Waals surface area contributed by atoms with E-state index in [1.54, 1.807) is 6.07 Å². The molecule has 88 valence electrons. The zero-order chi connectivity index (χ0) is 12.0. The van der Waals surface area contributed by atoms with Crippen LogP contribution < -0.4 is 5.32 Å². The van der Waals surface area contributed by atoms with Crippen molar-refractivity contribution in [3.05, 3.63) is 23.8 Å². The van der Waals surface area contributed by atoms with Gasteiger partial charge in [0.25, 0.3) is 0 Å². The molecule has 0 spiro atoms. The highest BCUT2D eigenvalue weighted by molar-refractivity contribution is 7.91. The molecule has 0 fully saturated rings. The van der Waals surface area contributed by atoms with E-state index in [0.29, 0.717) is 11.4 Å². The Hall–Kier alpha value is -1.03. The van der Waals surface area contributed by atoms with E-state index >= 15 is 0 Å². The predicted octanol–water partition coefficient (Wildman–Crippen LogP) is 2.18. The molecule has 16 heavy (non-hydrogen) atoms. The van der Waals surface area contributed by atoms with Crippen LogP contribution in [0, 0.1) is 0 Å². The van der Waals surface area contributed by atoms with Crippen molar-refractivity contribution in [2.24, 2.45) is 0 Å². The molecule has 1 heterocycles. The smallest absolute Gasteiger partial charge is 0.182 e. The topological polar surface area (TPSA) is 46.2 Å². The third-order valence-electron chi connectivity index (χ3n) is 2.84. The number of anilines is 1. The monoisotopic (exact) mass is 239 g/mol. The average Bonchev–Trinajstić information content (AvgIpc) is 2.15. The molecule has 1 aromatic rings. The Morgan fingerprint density at radius 3 is 2.56 bits per heavy atom. The molecule has 0 saturated carbocycles. The van der Waals surface area contributed by atoms with Gasteiger partial charge in [-0.3, -0.25) is 0 Å². The van der Waals surface area contributed by atoms with Crippen molar-refractivity contribution in [1.82, 2.24) is 0 Å². The Kier molecular flexibility index (Phi) is 2.49. The third-order valence-corrected chi connectivity index (χ3v) is 4.59. The van der Waals surface area contributed by atoms with Crippen LogP contribution in [-0.2, 0) is 15.3 Å². The third kappa shape index (κ3) is 1.82. The molecule has 0 aliphatic carbocycles. The van der Waals surface area contributed by atoms with Crippen molar-refractivity contribution in [1.29, 1.82) is 0 Å². The van der Waals surface area contributed by atoms with Crippen LogP contribution >= 0.6 is 0 Å². The van der Waals surface area contributed by atoms with Gasteiger partial charge in [-0.25, -0.2) is 8.42 Å². The first-order valence-corrected chi connectivity index (χ1v) is 7.08. The number of hydrogen-bond donors (Lipinski definition) is 1. The first-order valence-electron chi connectivity index (χ1n) is 5.42. The van der Waals surface area contributed by atoms with Gasteiger partial charge >= 0.3 is 0 Å². The molecular weight excluding hydrogens is 222 g/mol. The standard InChI is InChI=1S/C12H17NO2S/c1-12(2,3)9-5-4-6-10-11(9)13-7-8-16(10,14)15/h4-6,13H,7-8H2,1-3H3. The van der Waals surface area contributed by atoms with Gasteiger partial charge in [-0.15, -0.1) is 0 Å². The molecule has 0 saturated heterocycles. The van der Waals surface area contributed by atoms with E-state index < -0.39 is 9.84 Å². The largest absolute Gasteiger partial charge is 0.383 e. The Morgan fingerprint density at radius 2 is 1.94 bits per heavy atom. The van der Waals surface area contributed by atoms with E-state index in [2.05, 4.69) is 26.1 Å². The quantitative estimate of drug-likeness (QED) is 0.755. The van der Waals surface area contributed by atoms with Crippen LogP contribution in [-0.4, -0.2) is 20.7 Å². The van der Waals surface area contributed by atoms with Gasteiger partial charge in [0.05, 0.1) is 16.3 Å². The summed E-state index contributed by atoms with van der Waals surface area (Å²) in [6.45, 7) is 6.77. The Labute approximate surface area is 96.8 Å². The molecule has 1 N–H and O–H groups in total. The summed E-state index contributed by atoms with van der Waals surface area (Å²) in [7, 11) is -3.09. The summed E-state index contributed by atoms with van der Waals surface area (Å²) < 4.78 is 23.8. The van der Waals surface area contributed by atoms with Gasteiger partial charge in [-0.2, -0.15) is 0 Å². The molecule has 0 atom stereocenters. The number of fused-ring (bicyclic) bond motifs is 1. The highest BCUT2D eigenvalue weighted by atomic mass is 32.2. The number of rotatable bonds is 0. The second-order valence-corrected chi connectivity index (χ2v) is 7.25. The SMILES string of the molecule is CC(C)(C)c1cccc2c1NCCS2(=O)=O. The minimum Gasteiger partial charge on any atom is -0.383 e. The number of nitrogens with one attached hydrogen (secondary N) is 1. The summed E-state index contributed by atoms with van der Waals surface area (Å²) in [5.74, 6) is 0.188. The Bertz CT molecular complexity index is 512. The predicted molar refractivity (Wildman–Crippen MR) is 65.7 cm³/mol. The van der Waals surface area contributed by atoms with Gasteiger partial charge in [-0.1, -0.05) is 32.9 Å². The second-order valence-electron chi connectivity index (χ2n) is 5.17. The molecular formula is C12H17NO2S. The minimum absolute atomic E-state index is 0.0504. The molecule has 0 amide bonds. The van der Waals surface area contributed by atoms with Crippen molar-refractivity contribution >= 4 is 15.5 Å². The molecule has 2 rings (SSSR count). The lowest BCUT2D eigenvalue weighted by Gasteiger charge is -2.27. The van der Waals surface area contributed by atoms with E-state index in [1.165, 1.54) is 0 Å². The molecule has 3 nitrogen and oxygen atoms in total. The highest BCUT2D eigenvalue weighted by Crippen LogP contribution is 2.36. The van der Waals surface area contributed by atoms with E-state index in [0.717, 1.165) is 11.3 Å².